The van der Waals surface area contributed by atoms with Crippen LogP contribution in [0.1, 0.15) is 62.1 Å². The Morgan fingerprint density at radius 1 is 1.55 bits per heavy atom. The first kappa shape index (κ1) is 15.0. The van der Waals surface area contributed by atoms with Gasteiger partial charge in [0, 0.05) is 19.1 Å². The zero-order chi connectivity index (χ0) is 14.7. The highest BCUT2D eigenvalue weighted by Crippen LogP contribution is 2.26. The number of amides is 1. The van der Waals surface area contributed by atoms with Crippen molar-refractivity contribution in [2.75, 3.05) is 13.2 Å². The van der Waals surface area contributed by atoms with Crippen molar-refractivity contribution in [1.82, 2.24) is 14.7 Å². The van der Waals surface area contributed by atoms with Crippen LogP contribution < -0.4 is 0 Å². The van der Waals surface area contributed by atoms with Crippen LogP contribution in [-0.2, 0) is 6.54 Å². The van der Waals surface area contributed by atoms with Crippen molar-refractivity contribution in [3.63, 3.8) is 0 Å². The highest BCUT2D eigenvalue weighted by molar-refractivity contribution is 5.93. The molecular weight excluding hydrogens is 254 g/mol. The monoisotopic (exact) mass is 279 g/mol. The van der Waals surface area contributed by atoms with Gasteiger partial charge in [-0.15, -0.1) is 0 Å². The third kappa shape index (κ3) is 2.87. The molecule has 5 heteroatoms. The topological polar surface area (TPSA) is 58.4 Å². The Morgan fingerprint density at radius 3 is 2.70 bits per heavy atom. The van der Waals surface area contributed by atoms with Gasteiger partial charge < -0.3 is 10.0 Å². The number of rotatable bonds is 6. The van der Waals surface area contributed by atoms with E-state index in [9.17, 15) is 9.90 Å². The number of aromatic nitrogens is 2. The Hall–Kier alpha value is -1.36. The predicted molar refractivity (Wildman–Crippen MR) is 77.8 cm³/mol. The summed E-state index contributed by atoms with van der Waals surface area (Å²) in [7, 11) is 0. The van der Waals surface area contributed by atoms with Crippen LogP contribution in [0.25, 0.3) is 0 Å². The summed E-state index contributed by atoms with van der Waals surface area (Å²) in [5, 5.41) is 13.7. The molecule has 0 aromatic carbocycles. The van der Waals surface area contributed by atoms with E-state index < -0.39 is 0 Å². The summed E-state index contributed by atoms with van der Waals surface area (Å²) in [5.74, 6) is 0.314. The molecule has 0 unspecified atom stereocenters. The van der Waals surface area contributed by atoms with Gasteiger partial charge in [-0.05, 0) is 38.2 Å². The molecule has 1 aromatic heterocycles. The van der Waals surface area contributed by atoms with E-state index in [1.807, 2.05) is 17.9 Å². The quantitative estimate of drug-likeness (QED) is 0.866. The standard InChI is InChI=1S/C15H25N3O2/c1-4-18-14(10-13(16-18)11(2)3)15(20)17(8-9-19)12-6-5-7-12/h10-12,19H,4-9H2,1-3H3. The lowest BCUT2D eigenvalue weighted by Crippen LogP contribution is -2.46. The van der Waals surface area contributed by atoms with E-state index in [0.29, 0.717) is 24.7 Å². The number of aliphatic hydroxyl groups excluding tert-OH is 1. The van der Waals surface area contributed by atoms with Crippen LogP contribution in [0.3, 0.4) is 0 Å². The molecule has 2 rings (SSSR count). The summed E-state index contributed by atoms with van der Waals surface area (Å²) >= 11 is 0. The Balaban J connectivity index is 2.25. The van der Waals surface area contributed by atoms with E-state index in [4.69, 9.17) is 0 Å². The van der Waals surface area contributed by atoms with Crippen LogP contribution in [0.4, 0.5) is 0 Å². The van der Waals surface area contributed by atoms with Gasteiger partial charge in [-0.3, -0.25) is 9.48 Å². The lowest BCUT2D eigenvalue weighted by Gasteiger charge is -2.37. The van der Waals surface area contributed by atoms with E-state index in [1.54, 1.807) is 4.68 Å². The third-order valence-corrected chi connectivity index (χ3v) is 4.03. The Morgan fingerprint density at radius 2 is 2.25 bits per heavy atom. The largest absolute Gasteiger partial charge is 0.395 e. The second-order valence-electron chi connectivity index (χ2n) is 5.73. The summed E-state index contributed by atoms with van der Waals surface area (Å²) < 4.78 is 1.78. The van der Waals surface area contributed by atoms with E-state index >= 15 is 0 Å². The fraction of sp³-hybridized carbons (Fsp3) is 0.733. The molecule has 112 valence electrons. The lowest BCUT2D eigenvalue weighted by molar-refractivity contribution is 0.0513. The zero-order valence-electron chi connectivity index (χ0n) is 12.7. The highest BCUT2D eigenvalue weighted by atomic mass is 16.3. The molecule has 0 saturated heterocycles. The maximum Gasteiger partial charge on any atom is 0.272 e. The molecule has 1 saturated carbocycles. The van der Waals surface area contributed by atoms with Gasteiger partial charge in [0.25, 0.3) is 5.91 Å². The summed E-state index contributed by atoms with van der Waals surface area (Å²) in [6.45, 7) is 7.26. The SMILES string of the molecule is CCn1nc(C(C)C)cc1C(=O)N(CCO)C1CCC1. The normalized spacial score (nSPS) is 15.4. The molecule has 1 aliphatic carbocycles. The molecule has 20 heavy (non-hydrogen) atoms. The first-order valence-electron chi connectivity index (χ1n) is 7.58. The molecule has 0 radical (unpaired) electrons. The summed E-state index contributed by atoms with van der Waals surface area (Å²) in [6, 6.07) is 2.19. The van der Waals surface area contributed by atoms with Crippen molar-refractivity contribution < 1.29 is 9.90 Å². The van der Waals surface area contributed by atoms with Gasteiger partial charge in [0.15, 0.2) is 0 Å². The molecule has 5 nitrogen and oxygen atoms in total. The van der Waals surface area contributed by atoms with Gasteiger partial charge in [-0.2, -0.15) is 5.10 Å². The van der Waals surface area contributed by atoms with E-state index in [2.05, 4.69) is 18.9 Å². The third-order valence-electron chi connectivity index (χ3n) is 4.03. The maximum absolute atomic E-state index is 12.7. The predicted octanol–water partition coefficient (Wildman–Crippen LogP) is 2.01. The molecule has 0 bridgehead atoms. The van der Waals surface area contributed by atoms with Crippen molar-refractivity contribution in [2.24, 2.45) is 0 Å². The smallest absolute Gasteiger partial charge is 0.272 e. The molecule has 1 aliphatic rings. The second-order valence-corrected chi connectivity index (χ2v) is 5.73. The Bertz CT molecular complexity index is 464. The Kier molecular flexibility index (Phi) is 4.81. The number of aliphatic hydroxyl groups is 1. The van der Waals surface area contributed by atoms with Crippen LogP contribution >= 0.6 is 0 Å². The lowest BCUT2D eigenvalue weighted by atomic mass is 9.91. The van der Waals surface area contributed by atoms with E-state index in [-0.39, 0.29) is 18.6 Å². The zero-order valence-corrected chi connectivity index (χ0v) is 12.7. The number of carbonyl (C=O) groups is 1. The van der Waals surface area contributed by atoms with Crippen molar-refractivity contribution >= 4 is 5.91 Å². The minimum Gasteiger partial charge on any atom is -0.395 e. The van der Waals surface area contributed by atoms with Gasteiger partial charge in [0.05, 0.1) is 12.3 Å². The summed E-state index contributed by atoms with van der Waals surface area (Å²) in [6.07, 6.45) is 3.26. The first-order valence-corrected chi connectivity index (χ1v) is 7.58. The summed E-state index contributed by atoms with van der Waals surface area (Å²) in [5.41, 5.74) is 1.60. The molecular formula is C15H25N3O2. The molecule has 1 amide bonds. The highest BCUT2D eigenvalue weighted by Gasteiger charge is 2.31. The van der Waals surface area contributed by atoms with Gasteiger partial charge in [-0.1, -0.05) is 13.8 Å². The molecule has 1 fully saturated rings. The van der Waals surface area contributed by atoms with Crippen LogP contribution in [-0.4, -0.2) is 44.9 Å². The fourth-order valence-corrected chi connectivity index (χ4v) is 2.54. The number of carbonyl (C=O) groups excluding carboxylic acids is 1. The average Bonchev–Trinajstić information content (AvgIpc) is 2.79. The van der Waals surface area contributed by atoms with Gasteiger partial charge >= 0.3 is 0 Å². The van der Waals surface area contributed by atoms with Gasteiger partial charge in [0.1, 0.15) is 5.69 Å². The van der Waals surface area contributed by atoms with E-state index in [1.165, 1.54) is 6.42 Å². The van der Waals surface area contributed by atoms with Crippen LogP contribution in [0.2, 0.25) is 0 Å². The fourth-order valence-electron chi connectivity index (χ4n) is 2.54. The van der Waals surface area contributed by atoms with Gasteiger partial charge in [0.2, 0.25) is 0 Å². The molecule has 0 aliphatic heterocycles. The van der Waals surface area contributed by atoms with Gasteiger partial charge in [-0.25, -0.2) is 0 Å². The molecule has 0 atom stereocenters. The van der Waals surface area contributed by atoms with Crippen LogP contribution in [0, 0.1) is 0 Å². The molecule has 1 heterocycles. The van der Waals surface area contributed by atoms with Crippen LogP contribution in [0.15, 0.2) is 6.07 Å². The number of hydrogen-bond donors (Lipinski definition) is 1. The van der Waals surface area contributed by atoms with Crippen molar-refractivity contribution in [1.29, 1.82) is 0 Å². The van der Waals surface area contributed by atoms with Crippen molar-refractivity contribution in [3.05, 3.63) is 17.5 Å². The van der Waals surface area contributed by atoms with Crippen molar-refractivity contribution in [2.45, 2.75) is 58.5 Å². The number of nitrogens with zero attached hydrogens (tertiary/aromatic N) is 3. The molecule has 1 N–H and O–H groups in total. The number of aryl methyl sites for hydroxylation is 1. The van der Waals surface area contributed by atoms with E-state index in [0.717, 1.165) is 18.5 Å². The maximum atomic E-state index is 12.7. The number of hydrogen-bond acceptors (Lipinski definition) is 3. The minimum absolute atomic E-state index is 0.00463. The van der Waals surface area contributed by atoms with Crippen LogP contribution in [0.5, 0.6) is 0 Å². The van der Waals surface area contributed by atoms with Crippen molar-refractivity contribution in [3.8, 4) is 0 Å². The second kappa shape index (κ2) is 6.39. The average molecular weight is 279 g/mol. The first-order chi connectivity index (χ1) is 9.58. The Labute approximate surface area is 120 Å². The summed E-state index contributed by atoms with van der Waals surface area (Å²) in [4.78, 5) is 14.6. The minimum atomic E-state index is 0.00463. The molecule has 0 spiro atoms. The molecule has 1 aromatic rings.